The Hall–Kier alpha value is -2.12. The average molecular weight is 317 g/mol. The normalized spacial score (nSPS) is 22.8. The summed E-state index contributed by atoms with van der Waals surface area (Å²) in [7, 11) is 0. The molecule has 2 fully saturated rings. The largest absolute Gasteiger partial charge is 0.417 e. The molecule has 122 valence electrons. The van der Waals surface area contributed by atoms with Gasteiger partial charge in [0.15, 0.2) is 5.58 Å². The maximum atomic E-state index is 12.7. The van der Waals surface area contributed by atoms with E-state index >= 15 is 0 Å². The third-order valence-electron chi connectivity index (χ3n) is 4.68. The van der Waals surface area contributed by atoms with Crippen LogP contribution in [0.25, 0.3) is 11.1 Å². The number of aromatic amines is 1. The minimum Gasteiger partial charge on any atom is -0.408 e. The van der Waals surface area contributed by atoms with Gasteiger partial charge in [0.1, 0.15) is 0 Å². The van der Waals surface area contributed by atoms with Crippen molar-refractivity contribution in [1.82, 2.24) is 14.8 Å². The molecule has 2 aromatic rings. The number of hydrogen-bond donors (Lipinski definition) is 1. The number of carbonyl (C=O) groups is 1. The lowest BCUT2D eigenvalue weighted by molar-refractivity contribution is 0.0185. The van der Waals surface area contributed by atoms with Crippen molar-refractivity contribution < 1.29 is 13.9 Å². The van der Waals surface area contributed by atoms with E-state index in [1.165, 1.54) is 0 Å². The highest BCUT2D eigenvalue weighted by atomic mass is 16.5. The van der Waals surface area contributed by atoms with Crippen molar-refractivity contribution in [2.45, 2.75) is 12.5 Å². The predicted molar refractivity (Wildman–Crippen MR) is 83.5 cm³/mol. The number of oxazole rings is 1. The van der Waals surface area contributed by atoms with Crippen LogP contribution in [-0.2, 0) is 4.74 Å². The maximum absolute atomic E-state index is 12.7. The number of ether oxygens (including phenoxy) is 1. The zero-order valence-electron chi connectivity index (χ0n) is 12.8. The minimum absolute atomic E-state index is 0.00436. The first-order valence-electron chi connectivity index (χ1n) is 7.95. The molecule has 1 aromatic carbocycles. The first-order chi connectivity index (χ1) is 11.2. The Labute approximate surface area is 132 Å². The number of likely N-dealkylation sites (tertiary alicyclic amines) is 1. The molecule has 7 nitrogen and oxygen atoms in total. The number of amides is 1. The monoisotopic (exact) mass is 317 g/mol. The van der Waals surface area contributed by atoms with Gasteiger partial charge in [0, 0.05) is 37.8 Å². The van der Waals surface area contributed by atoms with Gasteiger partial charge < -0.3 is 14.1 Å². The third-order valence-corrected chi connectivity index (χ3v) is 4.68. The minimum atomic E-state index is -0.502. The van der Waals surface area contributed by atoms with Crippen LogP contribution >= 0.6 is 0 Å². The van der Waals surface area contributed by atoms with E-state index in [4.69, 9.17) is 9.15 Å². The summed E-state index contributed by atoms with van der Waals surface area (Å²) < 4.78 is 10.4. The molecule has 1 aromatic heterocycles. The zero-order chi connectivity index (χ0) is 15.8. The molecule has 1 N–H and O–H groups in total. The van der Waals surface area contributed by atoms with Gasteiger partial charge >= 0.3 is 5.76 Å². The van der Waals surface area contributed by atoms with Crippen LogP contribution < -0.4 is 5.76 Å². The Kier molecular flexibility index (Phi) is 3.66. The van der Waals surface area contributed by atoms with Crippen LogP contribution in [0.3, 0.4) is 0 Å². The molecule has 2 saturated heterocycles. The number of nitrogens with one attached hydrogen (secondary N) is 1. The number of aromatic nitrogens is 1. The van der Waals surface area contributed by atoms with Crippen molar-refractivity contribution in [1.29, 1.82) is 0 Å². The fraction of sp³-hybridized carbons (Fsp3) is 0.500. The zero-order valence-corrected chi connectivity index (χ0v) is 12.8. The summed E-state index contributed by atoms with van der Waals surface area (Å²) in [6.45, 7) is 4.94. The summed E-state index contributed by atoms with van der Waals surface area (Å²) >= 11 is 0. The van der Waals surface area contributed by atoms with Crippen molar-refractivity contribution in [2.75, 3.05) is 39.4 Å². The number of nitrogens with zero attached hydrogens (tertiary/aromatic N) is 2. The Morgan fingerprint density at radius 1 is 1.22 bits per heavy atom. The van der Waals surface area contributed by atoms with Crippen LogP contribution in [0.1, 0.15) is 16.8 Å². The maximum Gasteiger partial charge on any atom is 0.417 e. The molecule has 2 aliphatic heterocycles. The number of carbonyl (C=O) groups excluding carboxylic acids is 1. The van der Waals surface area contributed by atoms with E-state index in [0.29, 0.717) is 22.7 Å². The SMILES string of the molecule is O=C(c1ccc2oc(=O)[nH]c2c1)N1CCC(N2CCOCC2)C1. The Bertz CT molecular complexity index is 775. The molecule has 0 saturated carbocycles. The molecule has 0 aliphatic carbocycles. The highest BCUT2D eigenvalue weighted by Gasteiger charge is 2.31. The molecule has 0 bridgehead atoms. The van der Waals surface area contributed by atoms with Gasteiger partial charge in [0.2, 0.25) is 0 Å². The van der Waals surface area contributed by atoms with Gasteiger partial charge in [-0.25, -0.2) is 4.79 Å². The summed E-state index contributed by atoms with van der Waals surface area (Å²) in [5, 5.41) is 0. The number of fused-ring (bicyclic) bond motifs is 1. The summed E-state index contributed by atoms with van der Waals surface area (Å²) in [4.78, 5) is 30.8. The highest BCUT2D eigenvalue weighted by molar-refractivity contribution is 5.97. The Balaban J connectivity index is 1.48. The quantitative estimate of drug-likeness (QED) is 0.881. The molecular weight excluding hydrogens is 298 g/mol. The first-order valence-corrected chi connectivity index (χ1v) is 7.95. The van der Waals surface area contributed by atoms with Crippen LogP contribution in [0.15, 0.2) is 27.4 Å². The van der Waals surface area contributed by atoms with Crippen LogP contribution in [0, 0.1) is 0 Å². The van der Waals surface area contributed by atoms with E-state index in [9.17, 15) is 9.59 Å². The van der Waals surface area contributed by atoms with Gasteiger partial charge in [-0.3, -0.25) is 14.7 Å². The highest BCUT2D eigenvalue weighted by Crippen LogP contribution is 2.20. The smallest absolute Gasteiger partial charge is 0.408 e. The van der Waals surface area contributed by atoms with E-state index in [2.05, 4.69) is 9.88 Å². The molecule has 1 unspecified atom stereocenters. The average Bonchev–Trinajstić information content (AvgIpc) is 3.20. The van der Waals surface area contributed by atoms with Crippen molar-refractivity contribution in [2.24, 2.45) is 0 Å². The van der Waals surface area contributed by atoms with Crippen molar-refractivity contribution >= 4 is 17.0 Å². The molecule has 1 atom stereocenters. The lowest BCUT2D eigenvalue weighted by Gasteiger charge is -2.32. The lowest BCUT2D eigenvalue weighted by atomic mass is 10.2. The summed E-state index contributed by atoms with van der Waals surface area (Å²) in [5.74, 6) is -0.497. The Morgan fingerprint density at radius 3 is 2.87 bits per heavy atom. The Morgan fingerprint density at radius 2 is 2.04 bits per heavy atom. The summed E-state index contributed by atoms with van der Waals surface area (Å²) in [6.07, 6.45) is 0.997. The van der Waals surface area contributed by atoms with Gasteiger partial charge in [-0.15, -0.1) is 0 Å². The second-order valence-corrected chi connectivity index (χ2v) is 6.07. The lowest BCUT2D eigenvalue weighted by Crippen LogP contribution is -2.45. The van der Waals surface area contributed by atoms with Crippen molar-refractivity contribution in [3.05, 3.63) is 34.3 Å². The number of rotatable bonds is 2. The van der Waals surface area contributed by atoms with Crippen LogP contribution in [0.4, 0.5) is 0 Å². The van der Waals surface area contributed by atoms with Crippen molar-refractivity contribution in [3.8, 4) is 0 Å². The molecule has 0 spiro atoms. The molecule has 1 amide bonds. The second-order valence-electron chi connectivity index (χ2n) is 6.07. The van der Waals surface area contributed by atoms with E-state index in [1.54, 1.807) is 18.2 Å². The molecule has 2 aliphatic rings. The van der Waals surface area contributed by atoms with E-state index < -0.39 is 5.76 Å². The number of benzene rings is 1. The molecule has 3 heterocycles. The van der Waals surface area contributed by atoms with Gasteiger partial charge in [0.05, 0.1) is 18.7 Å². The van der Waals surface area contributed by atoms with E-state index in [-0.39, 0.29) is 5.91 Å². The second kappa shape index (κ2) is 5.82. The van der Waals surface area contributed by atoms with Crippen LogP contribution in [-0.4, -0.2) is 66.1 Å². The van der Waals surface area contributed by atoms with Gasteiger partial charge in [-0.1, -0.05) is 0 Å². The van der Waals surface area contributed by atoms with Gasteiger partial charge in [0.25, 0.3) is 5.91 Å². The molecule has 23 heavy (non-hydrogen) atoms. The molecular formula is C16H19N3O4. The first kappa shape index (κ1) is 14.5. The standard InChI is InChI=1S/C16H19N3O4/c20-15(11-1-2-14-13(9-11)17-16(21)23-14)19-4-3-12(10-19)18-5-7-22-8-6-18/h1-2,9,12H,3-8,10H2,(H,17,21). The summed E-state index contributed by atoms with van der Waals surface area (Å²) in [5.41, 5.74) is 1.61. The fourth-order valence-corrected chi connectivity index (χ4v) is 3.43. The van der Waals surface area contributed by atoms with Crippen LogP contribution in [0.2, 0.25) is 0 Å². The van der Waals surface area contributed by atoms with Gasteiger partial charge in [-0.2, -0.15) is 0 Å². The van der Waals surface area contributed by atoms with E-state index in [1.807, 2.05) is 4.90 Å². The van der Waals surface area contributed by atoms with E-state index in [0.717, 1.165) is 45.8 Å². The topological polar surface area (TPSA) is 78.8 Å². The predicted octanol–water partition coefficient (Wildman–Crippen LogP) is 0.668. The van der Waals surface area contributed by atoms with Gasteiger partial charge in [-0.05, 0) is 24.6 Å². The molecule has 7 heteroatoms. The summed E-state index contributed by atoms with van der Waals surface area (Å²) in [6, 6.07) is 5.48. The van der Waals surface area contributed by atoms with Crippen LogP contribution in [0.5, 0.6) is 0 Å². The number of morpholine rings is 1. The number of H-pyrrole nitrogens is 1. The number of hydrogen-bond acceptors (Lipinski definition) is 5. The molecule has 4 rings (SSSR count). The third kappa shape index (κ3) is 2.77. The van der Waals surface area contributed by atoms with Crippen molar-refractivity contribution in [3.63, 3.8) is 0 Å². The molecule has 0 radical (unpaired) electrons. The fourth-order valence-electron chi connectivity index (χ4n) is 3.43.